The highest BCUT2D eigenvalue weighted by Gasteiger charge is 2.13. The average molecular weight is 338 g/mol. The maximum atomic E-state index is 11.2. The zero-order valence-electron chi connectivity index (χ0n) is 12.2. The summed E-state index contributed by atoms with van der Waals surface area (Å²) in [5.74, 6) is 8.06. The monoisotopic (exact) mass is 338 g/mol. The van der Waals surface area contributed by atoms with E-state index < -0.39 is 5.97 Å². The zero-order chi connectivity index (χ0) is 15.9. The molecular formula is C14H18N4O2S2. The molecular weight excluding hydrogens is 320 g/mol. The quantitative estimate of drug-likeness (QED) is 0.434. The second-order valence-electron chi connectivity index (χ2n) is 4.57. The van der Waals surface area contributed by atoms with Crippen molar-refractivity contribution in [1.29, 1.82) is 0 Å². The molecule has 3 N–H and O–H groups in total. The molecule has 0 atom stereocenters. The topological polar surface area (TPSA) is 94.0 Å². The highest BCUT2D eigenvalue weighted by Crippen LogP contribution is 2.23. The molecule has 0 aliphatic heterocycles. The van der Waals surface area contributed by atoms with E-state index in [0.717, 1.165) is 29.3 Å². The van der Waals surface area contributed by atoms with Crippen molar-refractivity contribution in [2.75, 3.05) is 11.6 Å². The van der Waals surface area contributed by atoms with Crippen molar-refractivity contribution in [3.05, 3.63) is 41.2 Å². The smallest absolute Gasteiger partial charge is 0.335 e. The number of thioether (sulfide) groups is 2. The molecule has 0 aliphatic rings. The van der Waals surface area contributed by atoms with E-state index in [-0.39, 0.29) is 0 Å². The third kappa shape index (κ3) is 4.17. The molecule has 2 rings (SSSR count). The predicted molar refractivity (Wildman–Crippen MR) is 89.6 cm³/mol. The van der Waals surface area contributed by atoms with E-state index in [1.165, 1.54) is 16.4 Å². The number of rotatable bonds is 8. The third-order valence-corrected chi connectivity index (χ3v) is 5.07. The summed E-state index contributed by atoms with van der Waals surface area (Å²) in [5.41, 5.74) is 1.04. The Balaban J connectivity index is 2.02. The first-order valence-electron chi connectivity index (χ1n) is 6.84. The van der Waals surface area contributed by atoms with Gasteiger partial charge in [0.15, 0.2) is 5.82 Å². The van der Waals surface area contributed by atoms with Crippen LogP contribution in [0.4, 0.5) is 0 Å². The lowest BCUT2D eigenvalue weighted by atomic mass is 10.1. The molecule has 1 aromatic carbocycles. The summed E-state index contributed by atoms with van der Waals surface area (Å²) in [6.45, 7) is 2.13. The first-order chi connectivity index (χ1) is 10.6. The highest BCUT2D eigenvalue weighted by molar-refractivity contribution is 7.98. The Labute approximate surface area is 137 Å². The van der Waals surface area contributed by atoms with E-state index in [1.807, 2.05) is 6.07 Å². The molecule has 22 heavy (non-hydrogen) atoms. The summed E-state index contributed by atoms with van der Waals surface area (Å²) < 4.78 is 1.48. The molecule has 0 bridgehead atoms. The van der Waals surface area contributed by atoms with Gasteiger partial charge >= 0.3 is 5.97 Å². The number of nitrogens with two attached hydrogens (primary N) is 1. The number of carbonyl (C=O) groups is 1. The summed E-state index contributed by atoms with van der Waals surface area (Å²) in [6.07, 6.45) is 1.11. The van der Waals surface area contributed by atoms with Crippen molar-refractivity contribution in [1.82, 2.24) is 14.9 Å². The van der Waals surface area contributed by atoms with Gasteiger partial charge in [-0.2, -0.15) is 11.8 Å². The van der Waals surface area contributed by atoms with E-state index in [4.69, 9.17) is 5.84 Å². The Morgan fingerprint density at radius 3 is 2.82 bits per heavy atom. The number of carboxylic acids is 1. The van der Waals surface area contributed by atoms with Crippen LogP contribution in [-0.4, -0.2) is 31.7 Å². The standard InChI is InChI=1S/C14H18N4O2S2/c1-2-7-21-9-12-16-17-14(18(12)15)22-8-10-5-3-4-6-11(10)13(19)20/h3-6H,2,7-9,15H2,1H3,(H,19,20). The fourth-order valence-electron chi connectivity index (χ4n) is 1.81. The van der Waals surface area contributed by atoms with Gasteiger partial charge in [-0.3, -0.25) is 0 Å². The van der Waals surface area contributed by atoms with Crippen LogP contribution in [0.2, 0.25) is 0 Å². The Hall–Kier alpha value is -1.67. The second-order valence-corrected chi connectivity index (χ2v) is 6.62. The fourth-order valence-corrected chi connectivity index (χ4v) is 3.50. The molecule has 1 aromatic heterocycles. The average Bonchev–Trinajstić information content (AvgIpc) is 2.86. The molecule has 0 fully saturated rings. The molecule has 0 unspecified atom stereocenters. The Bertz CT molecular complexity index is 646. The van der Waals surface area contributed by atoms with Crippen LogP contribution in [-0.2, 0) is 11.5 Å². The van der Waals surface area contributed by atoms with Crippen LogP contribution in [0.5, 0.6) is 0 Å². The van der Waals surface area contributed by atoms with E-state index in [2.05, 4.69) is 17.1 Å². The Morgan fingerprint density at radius 1 is 1.32 bits per heavy atom. The van der Waals surface area contributed by atoms with Gasteiger partial charge in [-0.1, -0.05) is 36.9 Å². The van der Waals surface area contributed by atoms with Gasteiger partial charge in [-0.25, -0.2) is 9.47 Å². The molecule has 0 radical (unpaired) electrons. The summed E-state index contributed by atoms with van der Waals surface area (Å²) in [7, 11) is 0. The van der Waals surface area contributed by atoms with Crippen LogP contribution >= 0.6 is 23.5 Å². The number of nitrogen functional groups attached to an aromatic ring is 1. The molecule has 0 aliphatic carbocycles. The van der Waals surface area contributed by atoms with Gasteiger partial charge < -0.3 is 10.9 Å². The number of hydrogen-bond acceptors (Lipinski definition) is 6. The normalized spacial score (nSPS) is 10.8. The number of aromatic carboxylic acids is 1. The summed E-state index contributed by atoms with van der Waals surface area (Å²) in [6, 6.07) is 6.93. The minimum absolute atomic E-state index is 0.303. The van der Waals surface area contributed by atoms with Crippen molar-refractivity contribution in [2.45, 2.75) is 30.0 Å². The van der Waals surface area contributed by atoms with Crippen molar-refractivity contribution in [3.63, 3.8) is 0 Å². The van der Waals surface area contributed by atoms with Gasteiger partial charge in [0.05, 0.1) is 11.3 Å². The molecule has 1 heterocycles. The van der Waals surface area contributed by atoms with Gasteiger partial charge in [0.1, 0.15) is 0 Å². The lowest BCUT2D eigenvalue weighted by molar-refractivity contribution is 0.0696. The number of carboxylic acid groups (broad SMARTS) is 1. The van der Waals surface area contributed by atoms with Crippen molar-refractivity contribution >= 4 is 29.5 Å². The zero-order valence-corrected chi connectivity index (χ0v) is 13.9. The van der Waals surface area contributed by atoms with Gasteiger partial charge in [-0.15, -0.1) is 10.2 Å². The maximum absolute atomic E-state index is 11.2. The van der Waals surface area contributed by atoms with Crippen LogP contribution in [0, 0.1) is 0 Å². The second kappa shape index (κ2) is 8.09. The molecule has 8 heteroatoms. The molecule has 6 nitrogen and oxygen atoms in total. The van der Waals surface area contributed by atoms with Crippen LogP contribution in [0.1, 0.15) is 35.1 Å². The van der Waals surface area contributed by atoms with E-state index >= 15 is 0 Å². The summed E-state index contributed by atoms with van der Waals surface area (Å²) >= 11 is 3.15. The third-order valence-electron chi connectivity index (χ3n) is 2.92. The van der Waals surface area contributed by atoms with Gasteiger partial charge in [0.25, 0.3) is 0 Å². The molecule has 0 amide bonds. The first-order valence-corrected chi connectivity index (χ1v) is 8.98. The number of benzene rings is 1. The summed E-state index contributed by atoms with van der Waals surface area (Å²) in [4.78, 5) is 11.2. The van der Waals surface area contributed by atoms with Crippen LogP contribution in [0.3, 0.4) is 0 Å². The lowest BCUT2D eigenvalue weighted by Crippen LogP contribution is -2.13. The minimum atomic E-state index is -0.929. The summed E-state index contributed by atoms with van der Waals surface area (Å²) in [5, 5.41) is 17.9. The van der Waals surface area contributed by atoms with Crippen LogP contribution in [0.15, 0.2) is 29.4 Å². The predicted octanol–water partition coefficient (Wildman–Crippen LogP) is 2.63. The van der Waals surface area contributed by atoms with E-state index in [9.17, 15) is 9.90 Å². The first kappa shape index (κ1) is 16.7. The fraction of sp³-hybridized carbons (Fsp3) is 0.357. The van der Waals surface area contributed by atoms with E-state index in [1.54, 1.807) is 30.0 Å². The van der Waals surface area contributed by atoms with Gasteiger partial charge in [0.2, 0.25) is 5.16 Å². The lowest BCUT2D eigenvalue weighted by Gasteiger charge is -2.06. The number of nitrogens with zero attached hydrogens (tertiary/aromatic N) is 3. The number of hydrogen-bond donors (Lipinski definition) is 2. The van der Waals surface area contributed by atoms with Gasteiger partial charge in [0, 0.05) is 5.75 Å². The number of aromatic nitrogens is 3. The SMILES string of the molecule is CCCSCc1nnc(SCc2ccccc2C(=O)O)n1N. The van der Waals surface area contributed by atoms with Crippen LogP contribution < -0.4 is 5.84 Å². The maximum Gasteiger partial charge on any atom is 0.335 e. The largest absolute Gasteiger partial charge is 0.478 e. The molecule has 0 saturated carbocycles. The molecule has 0 spiro atoms. The highest BCUT2D eigenvalue weighted by atomic mass is 32.2. The minimum Gasteiger partial charge on any atom is -0.478 e. The van der Waals surface area contributed by atoms with Gasteiger partial charge in [-0.05, 0) is 23.8 Å². The Morgan fingerprint density at radius 2 is 2.09 bits per heavy atom. The van der Waals surface area contributed by atoms with Crippen LogP contribution in [0.25, 0.3) is 0 Å². The molecule has 0 saturated heterocycles. The Kier molecular flexibility index (Phi) is 6.14. The van der Waals surface area contributed by atoms with Crippen molar-refractivity contribution < 1.29 is 9.90 Å². The van der Waals surface area contributed by atoms with Crippen molar-refractivity contribution in [3.8, 4) is 0 Å². The molecule has 118 valence electrons. The van der Waals surface area contributed by atoms with Crippen molar-refractivity contribution in [2.24, 2.45) is 0 Å². The molecule has 2 aromatic rings. The van der Waals surface area contributed by atoms with E-state index in [0.29, 0.717) is 16.5 Å².